The van der Waals surface area contributed by atoms with Gasteiger partial charge in [0.1, 0.15) is 0 Å². The van der Waals surface area contributed by atoms with E-state index >= 15 is 0 Å². The number of carbonyl (C=O) groups excluding carboxylic acids is 2. The van der Waals surface area contributed by atoms with Crippen molar-refractivity contribution in [2.24, 2.45) is 0 Å². The van der Waals surface area contributed by atoms with E-state index in [2.05, 4.69) is 27.7 Å². The zero-order valence-corrected chi connectivity index (χ0v) is 16.2. The monoisotopic (exact) mass is 381 g/mol. The lowest BCUT2D eigenvalue weighted by Crippen LogP contribution is -2.29. The number of nitrogens with zero attached hydrogens (tertiary/aromatic N) is 1. The van der Waals surface area contributed by atoms with Crippen LogP contribution in [0.25, 0.3) is 0 Å². The molecule has 148 valence electrons. The molecule has 28 heavy (non-hydrogen) atoms. The summed E-state index contributed by atoms with van der Waals surface area (Å²) < 4.78 is 4.95. The molecule has 2 aromatic carbocycles. The van der Waals surface area contributed by atoms with Gasteiger partial charge in [0, 0.05) is 30.2 Å². The highest BCUT2D eigenvalue weighted by molar-refractivity contribution is 5.94. The van der Waals surface area contributed by atoms with Crippen LogP contribution in [0.4, 0.5) is 17.1 Å². The van der Waals surface area contributed by atoms with E-state index in [0.717, 1.165) is 24.5 Å². The van der Waals surface area contributed by atoms with Crippen LogP contribution in [-0.4, -0.2) is 38.1 Å². The van der Waals surface area contributed by atoms with Gasteiger partial charge in [0.05, 0.1) is 18.7 Å². The van der Waals surface area contributed by atoms with Crippen molar-refractivity contribution < 1.29 is 14.3 Å². The molecule has 1 heterocycles. The molecule has 0 saturated carbocycles. The molecule has 0 radical (unpaired) electrons. The van der Waals surface area contributed by atoms with Crippen LogP contribution in [0.2, 0.25) is 0 Å². The predicted octanol–water partition coefficient (Wildman–Crippen LogP) is 3.90. The largest absolute Gasteiger partial charge is 0.462 e. The second kappa shape index (κ2) is 9.78. The van der Waals surface area contributed by atoms with Crippen LogP contribution >= 0.6 is 0 Å². The Kier molecular flexibility index (Phi) is 6.89. The highest BCUT2D eigenvalue weighted by Gasteiger charge is 2.11. The van der Waals surface area contributed by atoms with Crippen LogP contribution in [-0.2, 0) is 9.53 Å². The Morgan fingerprint density at radius 1 is 0.929 bits per heavy atom. The fourth-order valence-corrected chi connectivity index (χ4v) is 3.23. The Labute approximate surface area is 165 Å². The van der Waals surface area contributed by atoms with Crippen molar-refractivity contribution in [3.63, 3.8) is 0 Å². The molecule has 1 fully saturated rings. The summed E-state index contributed by atoms with van der Waals surface area (Å²) in [5.74, 6) is -0.472. The molecule has 1 aliphatic rings. The number of nitrogens with one attached hydrogen (secondary N) is 2. The molecule has 1 aliphatic heterocycles. The summed E-state index contributed by atoms with van der Waals surface area (Å²) in [5.41, 5.74) is 3.25. The molecular formula is C22H27N3O3. The van der Waals surface area contributed by atoms with Gasteiger partial charge in [-0.15, -0.1) is 0 Å². The molecule has 1 saturated heterocycles. The Morgan fingerprint density at radius 3 is 2.21 bits per heavy atom. The Hall–Kier alpha value is -3.02. The van der Waals surface area contributed by atoms with Gasteiger partial charge < -0.3 is 20.3 Å². The molecule has 0 aromatic heterocycles. The first-order valence-corrected chi connectivity index (χ1v) is 9.81. The molecule has 0 spiro atoms. The van der Waals surface area contributed by atoms with Crippen LogP contribution in [0.1, 0.15) is 36.5 Å². The van der Waals surface area contributed by atoms with Crippen molar-refractivity contribution >= 4 is 28.9 Å². The third-order valence-corrected chi connectivity index (χ3v) is 4.72. The van der Waals surface area contributed by atoms with Gasteiger partial charge in [0.2, 0.25) is 5.91 Å². The van der Waals surface area contributed by atoms with Crippen LogP contribution in [0, 0.1) is 0 Å². The summed E-state index contributed by atoms with van der Waals surface area (Å²) >= 11 is 0. The van der Waals surface area contributed by atoms with Gasteiger partial charge in [-0.05, 0) is 74.7 Å². The molecule has 3 rings (SSSR count). The zero-order chi connectivity index (χ0) is 19.8. The highest BCUT2D eigenvalue weighted by atomic mass is 16.5. The summed E-state index contributed by atoms with van der Waals surface area (Å²) in [6, 6.07) is 14.9. The standard InChI is InChI=1S/C22H27N3O3/c1-2-28-22(27)17-6-8-18(9-7-17)23-16-21(26)24-19-10-12-20(13-11-19)25-14-4-3-5-15-25/h6-13,23H,2-5,14-16H2,1H3,(H,24,26). The van der Waals surface area contributed by atoms with Crippen molar-refractivity contribution in [1.29, 1.82) is 0 Å². The number of anilines is 3. The summed E-state index contributed by atoms with van der Waals surface area (Å²) in [4.78, 5) is 26.2. The minimum absolute atomic E-state index is 0.125. The van der Waals surface area contributed by atoms with E-state index < -0.39 is 0 Å². The van der Waals surface area contributed by atoms with Gasteiger partial charge in [-0.25, -0.2) is 4.79 Å². The fourth-order valence-electron chi connectivity index (χ4n) is 3.23. The molecule has 0 bridgehead atoms. The summed E-state index contributed by atoms with van der Waals surface area (Å²) in [7, 11) is 0. The third-order valence-electron chi connectivity index (χ3n) is 4.72. The van der Waals surface area contributed by atoms with Crippen molar-refractivity contribution in [2.45, 2.75) is 26.2 Å². The van der Waals surface area contributed by atoms with Gasteiger partial charge in [0.15, 0.2) is 0 Å². The molecule has 0 atom stereocenters. The van der Waals surface area contributed by atoms with Gasteiger partial charge in [-0.2, -0.15) is 0 Å². The highest BCUT2D eigenvalue weighted by Crippen LogP contribution is 2.21. The van der Waals surface area contributed by atoms with Gasteiger partial charge in [-0.3, -0.25) is 4.79 Å². The average molecular weight is 381 g/mol. The lowest BCUT2D eigenvalue weighted by Gasteiger charge is -2.28. The van der Waals surface area contributed by atoms with Gasteiger partial charge in [0.25, 0.3) is 0 Å². The normalized spacial score (nSPS) is 13.7. The van der Waals surface area contributed by atoms with Crippen LogP contribution in [0.3, 0.4) is 0 Å². The number of carbonyl (C=O) groups is 2. The van der Waals surface area contributed by atoms with E-state index in [-0.39, 0.29) is 18.4 Å². The number of benzene rings is 2. The van der Waals surface area contributed by atoms with E-state index in [9.17, 15) is 9.59 Å². The molecule has 6 nitrogen and oxygen atoms in total. The van der Waals surface area contributed by atoms with E-state index in [1.807, 2.05) is 12.1 Å². The summed E-state index contributed by atoms with van der Waals surface area (Å²) in [6.07, 6.45) is 3.79. The lowest BCUT2D eigenvalue weighted by atomic mass is 10.1. The number of rotatable bonds is 7. The number of hydrogen-bond donors (Lipinski definition) is 2. The Morgan fingerprint density at radius 2 is 1.57 bits per heavy atom. The third kappa shape index (κ3) is 5.49. The van der Waals surface area contributed by atoms with E-state index in [1.54, 1.807) is 31.2 Å². The SMILES string of the molecule is CCOC(=O)c1ccc(NCC(=O)Nc2ccc(N3CCCCC3)cc2)cc1. The maximum absolute atomic E-state index is 12.2. The average Bonchev–Trinajstić information content (AvgIpc) is 2.74. The molecule has 0 aliphatic carbocycles. The van der Waals surface area contributed by atoms with Crippen molar-refractivity contribution in [2.75, 3.05) is 41.8 Å². The lowest BCUT2D eigenvalue weighted by molar-refractivity contribution is -0.114. The molecule has 1 amide bonds. The maximum atomic E-state index is 12.2. The molecule has 6 heteroatoms. The summed E-state index contributed by atoms with van der Waals surface area (Å²) in [5, 5.41) is 5.95. The van der Waals surface area contributed by atoms with Crippen LogP contribution in [0.5, 0.6) is 0 Å². The van der Waals surface area contributed by atoms with Crippen LogP contribution < -0.4 is 15.5 Å². The number of hydrogen-bond acceptors (Lipinski definition) is 5. The van der Waals surface area contributed by atoms with Crippen molar-refractivity contribution in [3.8, 4) is 0 Å². The Bertz CT molecular complexity index is 782. The smallest absolute Gasteiger partial charge is 0.338 e. The van der Waals surface area contributed by atoms with Crippen LogP contribution in [0.15, 0.2) is 48.5 Å². The molecule has 2 N–H and O–H groups in total. The minimum Gasteiger partial charge on any atom is -0.462 e. The van der Waals surface area contributed by atoms with Crippen molar-refractivity contribution in [1.82, 2.24) is 0 Å². The zero-order valence-electron chi connectivity index (χ0n) is 16.2. The van der Waals surface area contributed by atoms with Crippen molar-refractivity contribution in [3.05, 3.63) is 54.1 Å². The number of ether oxygens (including phenoxy) is 1. The second-order valence-corrected chi connectivity index (χ2v) is 6.79. The number of amides is 1. The topological polar surface area (TPSA) is 70.7 Å². The predicted molar refractivity (Wildman–Crippen MR) is 112 cm³/mol. The minimum atomic E-state index is -0.347. The fraction of sp³-hybridized carbons (Fsp3) is 0.364. The van der Waals surface area contributed by atoms with E-state index in [1.165, 1.54) is 24.9 Å². The first-order valence-electron chi connectivity index (χ1n) is 9.81. The molecule has 0 unspecified atom stereocenters. The second-order valence-electron chi connectivity index (χ2n) is 6.79. The quantitative estimate of drug-likeness (QED) is 0.712. The van der Waals surface area contributed by atoms with E-state index in [0.29, 0.717) is 12.2 Å². The van der Waals surface area contributed by atoms with E-state index in [4.69, 9.17) is 4.74 Å². The number of piperidine rings is 1. The maximum Gasteiger partial charge on any atom is 0.338 e. The first kappa shape index (κ1) is 19.7. The Balaban J connectivity index is 1.47. The first-order chi connectivity index (χ1) is 13.7. The number of esters is 1. The summed E-state index contributed by atoms with van der Waals surface area (Å²) in [6.45, 7) is 4.47. The van der Waals surface area contributed by atoms with Gasteiger partial charge >= 0.3 is 5.97 Å². The molecule has 2 aromatic rings. The molecular weight excluding hydrogens is 354 g/mol. The van der Waals surface area contributed by atoms with Gasteiger partial charge in [-0.1, -0.05) is 0 Å².